The maximum atomic E-state index is 12.2. The minimum Gasteiger partial charge on any atom is -0.265 e. The Kier molecular flexibility index (Phi) is 4.03. The summed E-state index contributed by atoms with van der Waals surface area (Å²) in [6, 6.07) is 9.36. The minimum absolute atomic E-state index is 0.194. The van der Waals surface area contributed by atoms with Crippen molar-refractivity contribution in [1.82, 2.24) is 5.01 Å². The summed E-state index contributed by atoms with van der Waals surface area (Å²) in [7, 11) is 0. The maximum absolute atomic E-state index is 12.2. The highest BCUT2D eigenvalue weighted by atomic mass is 16.2. The first-order valence-corrected chi connectivity index (χ1v) is 6.01. The summed E-state index contributed by atoms with van der Waals surface area (Å²) in [5.41, 5.74) is 1.77. The number of nitrogens with zero attached hydrogens (tertiary/aromatic N) is 3. The van der Waals surface area contributed by atoms with Crippen molar-refractivity contribution in [1.29, 1.82) is 0 Å². The fraction of sp³-hybridized carbons (Fsp3) is 0.133. The first kappa shape index (κ1) is 13.0. The van der Waals surface area contributed by atoms with Crippen molar-refractivity contribution >= 4 is 23.0 Å². The molecule has 0 saturated carbocycles. The van der Waals surface area contributed by atoms with Crippen LogP contribution < -0.4 is 0 Å². The third-order valence-corrected chi connectivity index (χ3v) is 2.59. The highest BCUT2D eigenvalue weighted by Crippen LogP contribution is 2.16. The molecule has 0 spiro atoms. The Morgan fingerprint density at radius 1 is 1.21 bits per heavy atom. The van der Waals surface area contributed by atoms with Crippen LogP contribution in [0.3, 0.4) is 0 Å². The van der Waals surface area contributed by atoms with E-state index in [0.717, 1.165) is 5.69 Å². The Morgan fingerprint density at radius 2 is 1.95 bits per heavy atom. The number of rotatable bonds is 5. The number of benzene rings is 1. The molecule has 19 heavy (non-hydrogen) atoms. The first-order chi connectivity index (χ1) is 9.26. The molecule has 1 aliphatic heterocycles. The molecule has 0 fully saturated rings. The Bertz CT molecular complexity index is 558. The summed E-state index contributed by atoms with van der Waals surface area (Å²) in [5, 5.41) is 5.62. The molecule has 0 unspecified atom stereocenters. The lowest BCUT2D eigenvalue weighted by molar-refractivity contribution is -0.122. The van der Waals surface area contributed by atoms with E-state index in [4.69, 9.17) is 0 Å². The average Bonchev–Trinajstić information content (AvgIpc) is 2.70. The average molecular weight is 253 g/mol. The third kappa shape index (κ3) is 2.85. The Hall–Kier alpha value is -2.49. The maximum Gasteiger partial charge on any atom is 0.294 e. The summed E-state index contributed by atoms with van der Waals surface area (Å²) in [6.45, 7) is 7.67. The van der Waals surface area contributed by atoms with Gasteiger partial charge in [0.25, 0.3) is 5.91 Å². The van der Waals surface area contributed by atoms with E-state index in [1.54, 1.807) is 12.2 Å². The summed E-state index contributed by atoms with van der Waals surface area (Å²) in [4.78, 5) is 16.6. The Morgan fingerprint density at radius 3 is 2.58 bits per heavy atom. The molecule has 4 nitrogen and oxygen atoms in total. The van der Waals surface area contributed by atoms with Crippen molar-refractivity contribution in [3.8, 4) is 0 Å². The van der Waals surface area contributed by atoms with E-state index in [1.807, 2.05) is 30.3 Å². The van der Waals surface area contributed by atoms with Crippen molar-refractivity contribution in [2.75, 3.05) is 6.54 Å². The van der Waals surface area contributed by atoms with Crippen LogP contribution in [0.25, 0.3) is 0 Å². The summed E-state index contributed by atoms with van der Waals surface area (Å²) in [5.74, 6) is -0.194. The zero-order valence-electron chi connectivity index (χ0n) is 10.6. The van der Waals surface area contributed by atoms with Gasteiger partial charge in [-0.15, -0.1) is 13.2 Å². The van der Waals surface area contributed by atoms with Crippen LogP contribution in [0, 0.1) is 0 Å². The van der Waals surface area contributed by atoms with E-state index in [2.05, 4.69) is 23.3 Å². The van der Waals surface area contributed by atoms with Gasteiger partial charge in [0, 0.05) is 6.42 Å². The molecule has 0 atom stereocenters. The summed E-state index contributed by atoms with van der Waals surface area (Å²) < 4.78 is 0. The van der Waals surface area contributed by atoms with Crippen LogP contribution >= 0.6 is 0 Å². The molecule has 1 amide bonds. The number of hydrogen-bond acceptors (Lipinski definition) is 3. The van der Waals surface area contributed by atoms with Crippen molar-refractivity contribution in [2.45, 2.75) is 6.42 Å². The fourth-order valence-electron chi connectivity index (χ4n) is 1.75. The van der Waals surface area contributed by atoms with Crippen LogP contribution in [-0.4, -0.2) is 28.9 Å². The van der Waals surface area contributed by atoms with Crippen LogP contribution in [0.4, 0.5) is 5.69 Å². The number of hydrazone groups is 1. The predicted octanol–water partition coefficient (Wildman–Crippen LogP) is 2.72. The minimum atomic E-state index is -0.194. The molecule has 0 bridgehead atoms. The molecule has 0 aromatic heterocycles. The van der Waals surface area contributed by atoms with Gasteiger partial charge in [-0.1, -0.05) is 30.4 Å². The van der Waals surface area contributed by atoms with Gasteiger partial charge in [-0.25, -0.2) is 10.0 Å². The predicted molar refractivity (Wildman–Crippen MR) is 77.7 cm³/mol. The number of para-hydroxylation sites is 1. The molecule has 1 aliphatic rings. The zero-order chi connectivity index (χ0) is 13.7. The normalized spacial score (nSPS) is 16.6. The van der Waals surface area contributed by atoms with Crippen LogP contribution in [-0.2, 0) is 4.79 Å². The number of aliphatic imine (C=N–C) groups is 1. The monoisotopic (exact) mass is 253 g/mol. The van der Waals surface area contributed by atoms with Gasteiger partial charge < -0.3 is 0 Å². The van der Waals surface area contributed by atoms with Crippen LogP contribution in [0.2, 0.25) is 0 Å². The van der Waals surface area contributed by atoms with Gasteiger partial charge in [-0.3, -0.25) is 4.79 Å². The molecule has 2 rings (SSSR count). The van der Waals surface area contributed by atoms with Gasteiger partial charge in [-0.05, 0) is 12.1 Å². The van der Waals surface area contributed by atoms with E-state index < -0.39 is 0 Å². The number of amides is 1. The first-order valence-electron chi connectivity index (χ1n) is 6.01. The SMILES string of the molecule is C=CCC1=NN(CC=C)C(=O)/C1=N/c1ccccc1. The van der Waals surface area contributed by atoms with Gasteiger partial charge in [-0.2, -0.15) is 5.10 Å². The van der Waals surface area contributed by atoms with E-state index in [-0.39, 0.29) is 5.91 Å². The lowest BCUT2D eigenvalue weighted by Crippen LogP contribution is -2.27. The van der Waals surface area contributed by atoms with E-state index in [1.165, 1.54) is 5.01 Å². The smallest absolute Gasteiger partial charge is 0.265 e. The molecule has 0 saturated heterocycles. The molecule has 0 N–H and O–H groups in total. The number of carbonyl (C=O) groups is 1. The molecule has 4 heteroatoms. The van der Waals surface area contributed by atoms with E-state index in [0.29, 0.717) is 24.4 Å². The van der Waals surface area contributed by atoms with Crippen molar-refractivity contribution in [3.63, 3.8) is 0 Å². The van der Waals surface area contributed by atoms with Gasteiger partial charge >= 0.3 is 0 Å². The van der Waals surface area contributed by atoms with Gasteiger partial charge in [0.05, 0.1) is 17.9 Å². The highest BCUT2D eigenvalue weighted by Gasteiger charge is 2.30. The Balaban J connectivity index is 2.35. The second-order valence-corrected chi connectivity index (χ2v) is 4.01. The van der Waals surface area contributed by atoms with E-state index >= 15 is 0 Å². The summed E-state index contributed by atoms with van der Waals surface area (Å²) >= 11 is 0. The molecular formula is C15H15N3O. The van der Waals surface area contributed by atoms with E-state index in [9.17, 15) is 4.79 Å². The number of hydrogen-bond donors (Lipinski definition) is 0. The molecule has 1 heterocycles. The van der Waals surface area contributed by atoms with Gasteiger partial charge in [0.2, 0.25) is 0 Å². The quantitative estimate of drug-likeness (QED) is 0.744. The molecule has 0 aliphatic carbocycles. The third-order valence-electron chi connectivity index (χ3n) is 2.59. The standard InChI is InChI=1S/C15H15N3O/c1-3-8-13-14(15(19)18(17-13)11-4-2)16-12-9-6-5-7-10-12/h3-7,9-10H,1-2,8,11H2/b16-14+. The highest BCUT2D eigenvalue weighted by molar-refractivity contribution is 6.69. The topological polar surface area (TPSA) is 45.0 Å². The largest absolute Gasteiger partial charge is 0.294 e. The molecule has 1 aromatic carbocycles. The van der Waals surface area contributed by atoms with Crippen molar-refractivity contribution in [3.05, 3.63) is 55.6 Å². The van der Waals surface area contributed by atoms with Crippen LogP contribution in [0.5, 0.6) is 0 Å². The second-order valence-electron chi connectivity index (χ2n) is 4.01. The Labute approximate surface area is 112 Å². The zero-order valence-corrected chi connectivity index (χ0v) is 10.6. The lowest BCUT2D eigenvalue weighted by Gasteiger charge is -2.06. The molecule has 96 valence electrons. The lowest BCUT2D eigenvalue weighted by atomic mass is 10.1. The van der Waals surface area contributed by atoms with Crippen molar-refractivity contribution < 1.29 is 4.79 Å². The fourth-order valence-corrected chi connectivity index (χ4v) is 1.75. The van der Waals surface area contributed by atoms with Crippen LogP contribution in [0.15, 0.2) is 65.7 Å². The van der Waals surface area contributed by atoms with Crippen molar-refractivity contribution in [2.24, 2.45) is 10.1 Å². The molecular weight excluding hydrogens is 238 g/mol. The van der Waals surface area contributed by atoms with Gasteiger partial charge in [0.15, 0.2) is 5.71 Å². The molecule has 1 aromatic rings. The number of carbonyl (C=O) groups excluding carboxylic acids is 1. The second kappa shape index (κ2) is 5.91. The molecule has 0 radical (unpaired) electrons. The van der Waals surface area contributed by atoms with Gasteiger partial charge in [0.1, 0.15) is 0 Å². The van der Waals surface area contributed by atoms with Crippen LogP contribution in [0.1, 0.15) is 6.42 Å². The summed E-state index contributed by atoms with van der Waals surface area (Å²) in [6.07, 6.45) is 3.87. The number of allylic oxidation sites excluding steroid dienone is 1.